The van der Waals surface area contributed by atoms with Gasteiger partial charge in [-0.1, -0.05) is 6.07 Å². The highest BCUT2D eigenvalue weighted by Crippen LogP contribution is 2.24. The van der Waals surface area contributed by atoms with Crippen molar-refractivity contribution in [3.05, 3.63) is 46.8 Å². The number of nitrogens with one attached hydrogen (secondary N) is 1. The molecule has 2 rings (SSSR count). The smallest absolute Gasteiger partial charge is 0.339 e. The van der Waals surface area contributed by atoms with E-state index in [-0.39, 0.29) is 21.8 Å². The van der Waals surface area contributed by atoms with E-state index in [1.807, 2.05) is 0 Å². The molecular formula is C16H18F3N3O3S. The quantitative estimate of drug-likeness (QED) is 0.842. The number of aryl methyl sites for hydroxylation is 2. The zero-order valence-corrected chi connectivity index (χ0v) is 15.1. The number of amides is 1. The summed E-state index contributed by atoms with van der Waals surface area (Å²) in [5, 5.41) is 7.61. The lowest BCUT2D eigenvalue weighted by Gasteiger charge is -2.13. The van der Waals surface area contributed by atoms with Crippen molar-refractivity contribution in [2.45, 2.75) is 38.4 Å². The van der Waals surface area contributed by atoms with Gasteiger partial charge in [0.2, 0.25) is 10.0 Å². The second-order valence-electron chi connectivity index (χ2n) is 5.97. The summed E-state index contributed by atoms with van der Waals surface area (Å²) in [6.07, 6.45) is -4.41. The van der Waals surface area contributed by atoms with Gasteiger partial charge in [0.05, 0.1) is 10.5 Å². The Balaban J connectivity index is 2.33. The number of alkyl halides is 3. The average molecular weight is 389 g/mol. The van der Waals surface area contributed by atoms with E-state index in [4.69, 9.17) is 5.14 Å². The molecule has 0 saturated heterocycles. The lowest BCUT2D eigenvalue weighted by atomic mass is 10.2. The van der Waals surface area contributed by atoms with Gasteiger partial charge >= 0.3 is 6.18 Å². The van der Waals surface area contributed by atoms with Gasteiger partial charge in [0.25, 0.3) is 5.91 Å². The van der Waals surface area contributed by atoms with Crippen LogP contribution in [0.5, 0.6) is 0 Å². The Morgan fingerprint density at radius 3 is 2.35 bits per heavy atom. The van der Waals surface area contributed by atoms with E-state index in [2.05, 4.69) is 5.32 Å². The minimum absolute atomic E-state index is 0.0736. The molecule has 0 aliphatic carbocycles. The maximum Gasteiger partial charge on any atom is 0.406 e. The summed E-state index contributed by atoms with van der Waals surface area (Å²) in [4.78, 5) is 12.3. The number of primary sulfonamides is 1. The predicted octanol–water partition coefficient (Wildman–Crippen LogP) is 2.88. The number of benzene rings is 1. The Labute approximate surface area is 148 Å². The van der Waals surface area contributed by atoms with Gasteiger partial charge < -0.3 is 9.88 Å². The van der Waals surface area contributed by atoms with Crippen molar-refractivity contribution in [1.82, 2.24) is 4.57 Å². The first-order valence-electron chi connectivity index (χ1n) is 7.48. The number of hydrogen-bond donors (Lipinski definition) is 2. The zero-order valence-electron chi connectivity index (χ0n) is 14.3. The number of sulfonamides is 1. The van der Waals surface area contributed by atoms with Gasteiger partial charge in [-0.3, -0.25) is 4.79 Å². The normalized spacial score (nSPS) is 12.3. The Morgan fingerprint density at radius 2 is 1.81 bits per heavy atom. The number of anilines is 1. The fourth-order valence-corrected chi connectivity index (χ4v) is 3.44. The molecule has 1 aromatic carbocycles. The summed E-state index contributed by atoms with van der Waals surface area (Å²) in [5.74, 6) is -0.643. The Bertz CT molecular complexity index is 963. The van der Waals surface area contributed by atoms with Crippen molar-refractivity contribution in [1.29, 1.82) is 0 Å². The van der Waals surface area contributed by atoms with Crippen LogP contribution in [-0.2, 0) is 16.6 Å². The van der Waals surface area contributed by atoms with E-state index in [0.29, 0.717) is 11.3 Å². The van der Waals surface area contributed by atoms with Crippen molar-refractivity contribution in [3.63, 3.8) is 0 Å². The van der Waals surface area contributed by atoms with Gasteiger partial charge in [-0.05, 0) is 44.5 Å². The second kappa shape index (κ2) is 6.76. The summed E-state index contributed by atoms with van der Waals surface area (Å²) in [6, 6.07) is 5.52. The SMILES string of the molecule is Cc1ccc(NC(=O)c2cc(C)n(CC(F)(F)F)c2C)cc1S(N)(=O)=O. The second-order valence-corrected chi connectivity index (χ2v) is 7.50. The third-order valence-electron chi connectivity index (χ3n) is 3.91. The monoisotopic (exact) mass is 389 g/mol. The molecule has 142 valence electrons. The number of carbonyl (C=O) groups excluding carboxylic acids is 1. The number of aromatic nitrogens is 1. The van der Waals surface area contributed by atoms with Crippen LogP contribution < -0.4 is 10.5 Å². The summed E-state index contributed by atoms with van der Waals surface area (Å²) >= 11 is 0. The number of halogens is 3. The van der Waals surface area contributed by atoms with Gasteiger partial charge in [0.1, 0.15) is 6.54 Å². The molecule has 0 radical (unpaired) electrons. The summed E-state index contributed by atoms with van der Waals surface area (Å²) < 4.78 is 62.1. The van der Waals surface area contributed by atoms with Crippen LogP contribution in [0.4, 0.5) is 18.9 Å². The van der Waals surface area contributed by atoms with Gasteiger partial charge in [-0.25, -0.2) is 13.6 Å². The molecule has 1 amide bonds. The molecule has 3 N–H and O–H groups in total. The molecule has 1 aromatic heterocycles. The number of nitrogens with two attached hydrogens (primary N) is 1. The first kappa shape index (κ1) is 20.0. The van der Waals surface area contributed by atoms with Crippen molar-refractivity contribution >= 4 is 21.6 Å². The highest BCUT2D eigenvalue weighted by atomic mass is 32.2. The van der Waals surface area contributed by atoms with Crippen LogP contribution in [-0.4, -0.2) is 25.1 Å². The topological polar surface area (TPSA) is 94.2 Å². The molecule has 26 heavy (non-hydrogen) atoms. The zero-order chi connectivity index (χ0) is 19.9. The fourth-order valence-electron chi connectivity index (χ4n) is 2.64. The highest BCUT2D eigenvalue weighted by Gasteiger charge is 2.30. The minimum atomic E-state index is -4.41. The van der Waals surface area contributed by atoms with Gasteiger partial charge in [-0.15, -0.1) is 0 Å². The van der Waals surface area contributed by atoms with Crippen LogP contribution >= 0.6 is 0 Å². The van der Waals surface area contributed by atoms with Crippen LogP contribution in [0.3, 0.4) is 0 Å². The molecule has 0 bridgehead atoms. The first-order chi connectivity index (χ1) is 11.8. The van der Waals surface area contributed by atoms with Crippen molar-refractivity contribution in [3.8, 4) is 0 Å². The van der Waals surface area contributed by atoms with E-state index in [1.54, 1.807) is 6.92 Å². The molecule has 6 nitrogen and oxygen atoms in total. The molecule has 0 fully saturated rings. The summed E-state index contributed by atoms with van der Waals surface area (Å²) in [7, 11) is -3.97. The van der Waals surface area contributed by atoms with E-state index in [9.17, 15) is 26.4 Å². The largest absolute Gasteiger partial charge is 0.406 e. The van der Waals surface area contributed by atoms with Gasteiger partial charge in [0.15, 0.2) is 0 Å². The summed E-state index contributed by atoms with van der Waals surface area (Å²) in [5.41, 5.74) is 1.11. The van der Waals surface area contributed by atoms with E-state index < -0.39 is 28.7 Å². The molecule has 0 spiro atoms. The maximum atomic E-state index is 12.7. The minimum Gasteiger partial charge on any atom is -0.339 e. The van der Waals surface area contributed by atoms with Crippen LogP contribution in [0.2, 0.25) is 0 Å². The standard InChI is InChI=1S/C16H18F3N3O3S/c1-9-4-5-12(7-14(9)26(20,24)25)21-15(23)13-6-10(2)22(11(13)3)8-16(17,18)19/h4-7H,8H2,1-3H3,(H,21,23)(H2,20,24,25). The van der Waals surface area contributed by atoms with Crippen LogP contribution in [0.15, 0.2) is 29.2 Å². The third-order valence-corrected chi connectivity index (χ3v) is 4.96. The molecule has 2 aromatic rings. The fraction of sp³-hybridized carbons (Fsp3) is 0.312. The Morgan fingerprint density at radius 1 is 1.19 bits per heavy atom. The molecule has 0 aliphatic rings. The van der Waals surface area contributed by atoms with E-state index in [1.165, 1.54) is 38.1 Å². The third kappa shape index (κ3) is 4.44. The number of nitrogens with zero attached hydrogens (tertiary/aromatic N) is 1. The average Bonchev–Trinajstić information content (AvgIpc) is 2.75. The lowest BCUT2D eigenvalue weighted by molar-refractivity contribution is -0.141. The predicted molar refractivity (Wildman–Crippen MR) is 90.5 cm³/mol. The molecule has 0 saturated carbocycles. The molecule has 1 heterocycles. The van der Waals surface area contributed by atoms with Gasteiger partial charge in [0, 0.05) is 17.1 Å². The first-order valence-corrected chi connectivity index (χ1v) is 9.02. The molecule has 0 atom stereocenters. The summed E-state index contributed by atoms with van der Waals surface area (Å²) in [6.45, 7) is 3.24. The number of hydrogen-bond acceptors (Lipinski definition) is 3. The van der Waals surface area contributed by atoms with Crippen LogP contribution in [0.25, 0.3) is 0 Å². The Kier molecular flexibility index (Phi) is 5.20. The molecule has 10 heteroatoms. The lowest BCUT2D eigenvalue weighted by Crippen LogP contribution is -2.20. The molecule has 0 aliphatic heterocycles. The maximum absolute atomic E-state index is 12.7. The van der Waals surface area contributed by atoms with Crippen molar-refractivity contribution < 1.29 is 26.4 Å². The van der Waals surface area contributed by atoms with Crippen molar-refractivity contribution in [2.75, 3.05) is 5.32 Å². The highest BCUT2D eigenvalue weighted by molar-refractivity contribution is 7.89. The molecule has 0 unspecified atom stereocenters. The number of carbonyl (C=O) groups is 1. The molecular weight excluding hydrogens is 371 g/mol. The Hall–Kier alpha value is -2.33. The van der Waals surface area contributed by atoms with E-state index >= 15 is 0 Å². The van der Waals surface area contributed by atoms with Gasteiger partial charge in [-0.2, -0.15) is 13.2 Å². The van der Waals surface area contributed by atoms with E-state index in [0.717, 1.165) is 4.57 Å². The van der Waals surface area contributed by atoms with Crippen molar-refractivity contribution in [2.24, 2.45) is 5.14 Å². The number of rotatable bonds is 4. The van der Waals surface area contributed by atoms with Crippen LogP contribution in [0.1, 0.15) is 27.3 Å². The van der Waals surface area contributed by atoms with Crippen LogP contribution in [0, 0.1) is 20.8 Å².